The van der Waals surface area contributed by atoms with E-state index < -0.39 is 10.0 Å². The summed E-state index contributed by atoms with van der Waals surface area (Å²) in [5, 5.41) is 2.87. The summed E-state index contributed by atoms with van der Waals surface area (Å²) >= 11 is 0. The van der Waals surface area contributed by atoms with Crippen molar-refractivity contribution in [2.24, 2.45) is 16.0 Å². The lowest BCUT2D eigenvalue weighted by Crippen LogP contribution is -2.39. The normalized spacial score (nSPS) is 19.5. The Morgan fingerprint density at radius 1 is 1.27 bits per heavy atom. The summed E-state index contributed by atoms with van der Waals surface area (Å²) in [5.74, 6) is 1.18. The number of amidine groups is 1. The first-order valence-corrected chi connectivity index (χ1v) is 12.7. The highest BCUT2D eigenvalue weighted by Crippen LogP contribution is 2.29. The molecular weight excluding hydrogens is 442 g/mol. The van der Waals surface area contributed by atoms with Crippen LogP contribution in [0.15, 0.2) is 40.8 Å². The van der Waals surface area contributed by atoms with Gasteiger partial charge in [-0.2, -0.15) is 0 Å². The Balaban J connectivity index is 1.44. The fraction of sp³-hybridized carbons (Fsp3) is 0.435. The van der Waals surface area contributed by atoms with Crippen LogP contribution in [0, 0.1) is 5.92 Å². The number of nitrogens with two attached hydrogens (primary N) is 1. The summed E-state index contributed by atoms with van der Waals surface area (Å²) < 4.78 is 33.5. The maximum atomic E-state index is 12.3. The topological polar surface area (TPSA) is 127 Å². The van der Waals surface area contributed by atoms with Gasteiger partial charge in [-0.05, 0) is 50.5 Å². The fourth-order valence-electron chi connectivity index (χ4n) is 4.21. The maximum Gasteiger partial charge on any atom is 0.270 e. The number of ether oxygens (including phenoxy) is 1. The lowest BCUT2D eigenvalue weighted by Gasteiger charge is -2.33. The number of hydrogen-bond acceptors (Lipinski definition) is 7. The highest BCUT2D eigenvalue weighted by Gasteiger charge is 2.27. The third kappa shape index (κ3) is 5.44. The molecule has 0 spiro atoms. The van der Waals surface area contributed by atoms with Gasteiger partial charge >= 0.3 is 0 Å². The second-order valence-electron chi connectivity index (χ2n) is 8.77. The van der Waals surface area contributed by atoms with Gasteiger partial charge in [-0.25, -0.2) is 13.4 Å². The second-order valence-corrected chi connectivity index (χ2v) is 10.4. The highest BCUT2D eigenvalue weighted by molar-refractivity contribution is 7.89. The van der Waals surface area contributed by atoms with E-state index in [1.54, 1.807) is 24.3 Å². The van der Waals surface area contributed by atoms with Gasteiger partial charge in [0.05, 0.1) is 17.9 Å². The van der Waals surface area contributed by atoms with Crippen LogP contribution in [0.1, 0.15) is 48.3 Å². The fourth-order valence-corrected chi connectivity index (χ4v) is 5.30. The number of sulfonamides is 1. The Hall–Kier alpha value is -3.14. The van der Waals surface area contributed by atoms with Crippen LogP contribution in [0.5, 0.6) is 5.75 Å². The highest BCUT2D eigenvalue weighted by atomic mass is 32.2. The van der Waals surface area contributed by atoms with E-state index in [1.165, 1.54) is 0 Å². The lowest BCUT2D eigenvalue weighted by atomic mass is 9.98. The monoisotopic (exact) mass is 471 g/mol. The molecule has 0 bridgehead atoms. The van der Waals surface area contributed by atoms with Gasteiger partial charge in [-0.1, -0.05) is 18.2 Å². The van der Waals surface area contributed by atoms with E-state index >= 15 is 0 Å². The van der Waals surface area contributed by atoms with Crippen molar-refractivity contribution in [3.05, 3.63) is 53.2 Å². The van der Waals surface area contributed by atoms with E-state index in [0.717, 1.165) is 31.7 Å². The number of piperidine rings is 1. The number of amides is 1. The SMILES string of the molecule is CC(C)NC(=O)c1cccc(N2CCC[C@H](COc3cccc4c3C(N)=NS(=O)(=O)C4)C2)n1. The number of anilines is 1. The minimum atomic E-state index is -3.59. The molecule has 1 amide bonds. The van der Waals surface area contributed by atoms with Gasteiger partial charge in [-0.15, -0.1) is 4.40 Å². The van der Waals surface area contributed by atoms with E-state index in [4.69, 9.17) is 10.5 Å². The Labute approximate surface area is 194 Å². The summed E-state index contributed by atoms with van der Waals surface area (Å²) in [6.07, 6.45) is 1.98. The van der Waals surface area contributed by atoms with Crippen molar-refractivity contribution in [2.45, 2.75) is 38.5 Å². The zero-order valence-electron chi connectivity index (χ0n) is 18.8. The van der Waals surface area contributed by atoms with Gasteiger partial charge in [0.15, 0.2) is 0 Å². The molecule has 3 N–H and O–H groups in total. The van der Waals surface area contributed by atoms with E-state index in [1.807, 2.05) is 26.0 Å². The number of hydrogen-bond donors (Lipinski definition) is 2. The van der Waals surface area contributed by atoms with Gasteiger partial charge in [0.2, 0.25) is 0 Å². The van der Waals surface area contributed by atoms with E-state index in [-0.39, 0.29) is 29.5 Å². The van der Waals surface area contributed by atoms with E-state index in [2.05, 4.69) is 19.6 Å². The van der Waals surface area contributed by atoms with Crippen molar-refractivity contribution < 1.29 is 17.9 Å². The summed E-state index contributed by atoms with van der Waals surface area (Å²) in [6.45, 7) is 5.89. The number of rotatable bonds is 6. The zero-order valence-corrected chi connectivity index (χ0v) is 19.6. The minimum absolute atomic E-state index is 0.0298. The number of carbonyl (C=O) groups excluding carboxylic acids is 1. The zero-order chi connectivity index (χ0) is 23.6. The summed E-state index contributed by atoms with van der Waals surface area (Å²) in [5.41, 5.74) is 7.51. The van der Waals surface area contributed by atoms with Crippen LogP contribution in [0.3, 0.4) is 0 Å². The van der Waals surface area contributed by atoms with Crippen LogP contribution in [-0.2, 0) is 15.8 Å². The summed E-state index contributed by atoms with van der Waals surface area (Å²) in [4.78, 5) is 19.1. The summed E-state index contributed by atoms with van der Waals surface area (Å²) in [6, 6.07) is 10.8. The smallest absolute Gasteiger partial charge is 0.270 e. The number of pyridine rings is 1. The van der Waals surface area contributed by atoms with Crippen LogP contribution in [0.2, 0.25) is 0 Å². The molecule has 3 heterocycles. The summed E-state index contributed by atoms with van der Waals surface area (Å²) in [7, 11) is -3.59. The van der Waals surface area contributed by atoms with Gasteiger partial charge in [0, 0.05) is 25.0 Å². The van der Waals surface area contributed by atoms with Crippen molar-refractivity contribution in [1.29, 1.82) is 0 Å². The first-order chi connectivity index (χ1) is 15.7. The maximum absolute atomic E-state index is 12.3. The molecule has 0 radical (unpaired) electrons. The Morgan fingerprint density at radius 2 is 2.06 bits per heavy atom. The minimum Gasteiger partial charge on any atom is -0.492 e. The van der Waals surface area contributed by atoms with Crippen molar-refractivity contribution in [2.75, 3.05) is 24.6 Å². The van der Waals surface area contributed by atoms with Gasteiger partial charge < -0.3 is 20.7 Å². The molecule has 1 aromatic carbocycles. The average Bonchev–Trinajstić information content (AvgIpc) is 2.76. The molecule has 2 aliphatic heterocycles. The standard InChI is InChI=1S/C23H29N5O4S/c1-15(2)25-23(29)18-8-4-10-20(26-18)28-11-5-6-16(12-28)13-32-19-9-3-7-17-14-33(30,31)27-22(24)21(17)19/h3-4,7-10,15-16H,5-6,11-14H2,1-2H3,(H2,24,27)(H,25,29)/t16-/m0/s1. The van der Waals surface area contributed by atoms with Crippen LogP contribution in [-0.4, -0.2) is 50.9 Å². The molecule has 1 fully saturated rings. The van der Waals surface area contributed by atoms with Crippen molar-refractivity contribution >= 4 is 27.6 Å². The molecule has 33 heavy (non-hydrogen) atoms. The van der Waals surface area contributed by atoms with Gasteiger partial charge in [0.1, 0.15) is 23.1 Å². The lowest BCUT2D eigenvalue weighted by molar-refractivity contribution is 0.0938. The quantitative estimate of drug-likeness (QED) is 0.660. The third-order valence-electron chi connectivity index (χ3n) is 5.65. The van der Waals surface area contributed by atoms with E-state index in [0.29, 0.717) is 29.2 Å². The molecule has 176 valence electrons. The Kier molecular flexibility index (Phi) is 6.55. The van der Waals surface area contributed by atoms with Crippen molar-refractivity contribution in [1.82, 2.24) is 10.3 Å². The molecule has 0 saturated carbocycles. The number of nitrogens with one attached hydrogen (secondary N) is 1. The van der Waals surface area contributed by atoms with Gasteiger partial charge in [0.25, 0.3) is 15.9 Å². The first-order valence-electron chi connectivity index (χ1n) is 11.1. The molecule has 0 aliphatic carbocycles. The second kappa shape index (κ2) is 9.38. The van der Waals surface area contributed by atoms with Crippen LogP contribution < -0.4 is 20.7 Å². The van der Waals surface area contributed by atoms with Crippen molar-refractivity contribution in [3.63, 3.8) is 0 Å². The number of fused-ring (bicyclic) bond motifs is 1. The molecule has 1 atom stereocenters. The molecule has 9 nitrogen and oxygen atoms in total. The van der Waals surface area contributed by atoms with Crippen LogP contribution in [0.4, 0.5) is 5.82 Å². The third-order valence-corrected chi connectivity index (χ3v) is 6.80. The van der Waals surface area contributed by atoms with E-state index in [9.17, 15) is 13.2 Å². The molecule has 2 aliphatic rings. The molecule has 10 heteroatoms. The first kappa shape index (κ1) is 23.0. The molecular formula is C23H29N5O4S. The molecule has 1 saturated heterocycles. The molecule has 1 aromatic heterocycles. The van der Waals surface area contributed by atoms with Crippen LogP contribution in [0.25, 0.3) is 0 Å². The predicted octanol–water partition coefficient (Wildman–Crippen LogP) is 2.06. The Bertz CT molecular complexity index is 1180. The van der Waals surface area contributed by atoms with Gasteiger partial charge in [-0.3, -0.25) is 4.79 Å². The Morgan fingerprint density at radius 3 is 2.85 bits per heavy atom. The predicted molar refractivity (Wildman–Crippen MR) is 127 cm³/mol. The number of benzene rings is 1. The van der Waals surface area contributed by atoms with Crippen LogP contribution >= 0.6 is 0 Å². The number of nitrogens with zero attached hydrogens (tertiary/aromatic N) is 3. The average molecular weight is 472 g/mol. The largest absolute Gasteiger partial charge is 0.492 e. The number of carbonyl (C=O) groups is 1. The molecule has 2 aromatic rings. The number of aromatic nitrogens is 1. The van der Waals surface area contributed by atoms with Crippen molar-refractivity contribution in [3.8, 4) is 5.75 Å². The molecule has 4 rings (SSSR count). The molecule has 0 unspecified atom stereocenters.